The van der Waals surface area contributed by atoms with Gasteiger partial charge in [-0.05, 0) is 46.5 Å². The summed E-state index contributed by atoms with van der Waals surface area (Å²) in [5, 5.41) is 3.73. The number of ether oxygens (including phenoxy) is 2. The molecule has 0 bridgehead atoms. The van der Waals surface area contributed by atoms with Gasteiger partial charge in [0.05, 0.1) is 14.2 Å². The van der Waals surface area contributed by atoms with Crippen LogP contribution in [0.4, 0.5) is 0 Å². The Morgan fingerprint density at radius 1 is 0.769 bits per heavy atom. The molecule has 3 aromatic carbocycles. The zero-order valence-corrected chi connectivity index (χ0v) is 15.1. The van der Waals surface area contributed by atoms with Crippen molar-refractivity contribution in [2.45, 2.75) is 18.5 Å². The number of hydrogen-bond donors (Lipinski definition) is 1. The molecule has 26 heavy (non-hydrogen) atoms. The first-order valence-corrected chi connectivity index (χ1v) is 8.89. The lowest BCUT2D eigenvalue weighted by atomic mass is 9.77. The molecule has 0 aliphatic carbocycles. The van der Waals surface area contributed by atoms with Gasteiger partial charge >= 0.3 is 0 Å². The van der Waals surface area contributed by atoms with Crippen LogP contribution >= 0.6 is 0 Å². The number of hydrogen-bond acceptors (Lipinski definition) is 3. The second kappa shape index (κ2) is 7.22. The van der Waals surface area contributed by atoms with Gasteiger partial charge in [0, 0.05) is 18.5 Å². The van der Waals surface area contributed by atoms with Crippen LogP contribution in [0.5, 0.6) is 11.5 Å². The molecule has 3 nitrogen and oxygen atoms in total. The van der Waals surface area contributed by atoms with E-state index >= 15 is 0 Å². The molecule has 1 aliphatic rings. The molecular formula is C23H23NO2. The minimum absolute atomic E-state index is 0.186. The SMILES string of the molecule is COc1cccc([C@@H]2c3cc(OC)ccc3CN[C@H]2c2ccccc2)c1. The maximum Gasteiger partial charge on any atom is 0.119 e. The summed E-state index contributed by atoms with van der Waals surface area (Å²) in [7, 11) is 3.43. The fraction of sp³-hybridized carbons (Fsp3) is 0.217. The van der Waals surface area contributed by atoms with E-state index in [1.165, 1.54) is 22.3 Å². The molecule has 0 unspecified atom stereocenters. The van der Waals surface area contributed by atoms with Crippen LogP contribution in [0.25, 0.3) is 0 Å². The largest absolute Gasteiger partial charge is 0.497 e. The third-order valence-corrected chi connectivity index (χ3v) is 5.15. The lowest BCUT2D eigenvalue weighted by Crippen LogP contribution is -2.33. The number of nitrogens with one attached hydrogen (secondary N) is 1. The smallest absolute Gasteiger partial charge is 0.119 e. The van der Waals surface area contributed by atoms with Gasteiger partial charge in [0.15, 0.2) is 0 Å². The van der Waals surface area contributed by atoms with Crippen molar-refractivity contribution in [3.05, 3.63) is 95.1 Å². The highest BCUT2D eigenvalue weighted by Gasteiger charge is 2.32. The molecule has 0 fully saturated rings. The summed E-state index contributed by atoms with van der Waals surface area (Å²) >= 11 is 0. The predicted molar refractivity (Wildman–Crippen MR) is 104 cm³/mol. The molecule has 1 heterocycles. The zero-order chi connectivity index (χ0) is 17.9. The lowest BCUT2D eigenvalue weighted by molar-refractivity contribution is 0.405. The van der Waals surface area contributed by atoms with Crippen molar-refractivity contribution in [3.8, 4) is 11.5 Å². The Morgan fingerprint density at radius 2 is 1.50 bits per heavy atom. The van der Waals surface area contributed by atoms with Crippen molar-refractivity contribution in [2.75, 3.05) is 14.2 Å². The first kappa shape index (κ1) is 16.7. The first-order chi connectivity index (χ1) is 12.8. The molecule has 3 aromatic rings. The Bertz CT molecular complexity index is 892. The van der Waals surface area contributed by atoms with Crippen LogP contribution in [-0.2, 0) is 6.54 Å². The molecule has 0 aromatic heterocycles. The molecule has 0 spiro atoms. The normalized spacial score (nSPS) is 18.8. The van der Waals surface area contributed by atoms with Gasteiger partial charge < -0.3 is 14.8 Å². The van der Waals surface area contributed by atoms with E-state index in [2.05, 4.69) is 66.0 Å². The third-order valence-electron chi connectivity index (χ3n) is 5.15. The number of methoxy groups -OCH3 is 2. The lowest BCUT2D eigenvalue weighted by Gasteiger charge is -2.36. The van der Waals surface area contributed by atoms with Gasteiger partial charge in [-0.15, -0.1) is 0 Å². The van der Waals surface area contributed by atoms with Gasteiger partial charge in [0.1, 0.15) is 11.5 Å². The topological polar surface area (TPSA) is 30.5 Å². The van der Waals surface area contributed by atoms with E-state index in [4.69, 9.17) is 9.47 Å². The molecule has 132 valence electrons. The van der Waals surface area contributed by atoms with Crippen LogP contribution in [-0.4, -0.2) is 14.2 Å². The Morgan fingerprint density at radius 3 is 2.27 bits per heavy atom. The number of rotatable bonds is 4. The second-order valence-electron chi connectivity index (χ2n) is 6.59. The Balaban J connectivity index is 1.87. The molecule has 2 atom stereocenters. The van der Waals surface area contributed by atoms with Crippen LogP contribution in [0.15, 0.2) is 72.8 Å². The average Bonchev–Trinajstić information content (AvgIpc) is 2.73. The monoisotopic (exact) mass is 345 g/mol. The van der Waals surface area contributed by atoms with Crippen molar-refractivity contribution < 1.29 is 9.47 Å². The van der Waals surface area contributed by atoms with Crippen molar-refractivity contribution in [1.29, 1.82) is 0 Å². The Labute approximate surface area is 154 Å². The minimum atomic E-state index is 0.186. The molecule has 0 saturated heterocycles. The molecular weight excluding hydrogens is 322 g/mol. The predicted octanol–water partition coefficient (Wildman–Crippen LogP) is 4.68. The van der Waals surface area contributed by atoms with Gasteiger partial charge in [-0.1, -0.05) is 48.5 Å². The summed E-state index contributed by atoms with van der Waals surface area (Å²) in [6.07, 6.45) is 0. The maximum absolute atomic E-state index is 5.51. The van der Waals surface area contributed by atoms with Crippen molar-refractivity contribution in [1.82, 2.24) is 5.32 Å². The molecule has 4 rings (SSSR count). The van der Waals surface area contributed by atoms with Crippen molar-refractivity contribution in [2.24, 2.45) is 0 Å². The summed E-state index contributed by atoms with van der Waals surface area (Å²) in [6.45, 7) is 0.847. The van der Waals surface area contributed by atoms with E-state index in [0.717, 1.165) is 18.0 Å². The zero-order valence-electron chi connectivity index (χ0n) is 15.1. The maximum atomic E-state index is 5.51. The van der Waals surface area contributed by atoms with Crippen LogP contribution in [0.1, 0.15) is 34.2 Å². The number of fused-ring (bicyclic) bond motifs is 1. The van der Waals surface area contributed by atoms with Crippen LogP contribution in [0.3, 0.4) is 0 Å². The van der Waals surface area contributed by atoms with Crippen LogP contribution < -0.4 is 14.8 Å². The van der Waals surface area contributed by atoms with E-state index in [-0.39, 0.29) is 12.0 Å². The molecule has 1 aliphatic heterocycles. The minimum Gasteiger partial charge on any atom is -0.497 e. The molecule has 1 N–H and O–H groups in total. The summed E-state index contributed by atoms with van der Waals surface area (Å²) in [5.74, 6) is 1.96. The fourth-order valence-electron chi connectivity index (χ4n) is 3.85. The van der Waals surface area contributed by atoms with E-state index in [0.29, 0.717) is 0 Å². The standard InChI is InChI=1S/C23H23NO2/c1-25-19-10-6-9-17(13-19)22-21-14-20(26-2)12-11-18(21)15-24-23(22)16-7-4-3-5-8-16/h3-14,22-24H,15H2,1-2H3/t22-,23+/m1/s1. The molecule has 0 amide bonds. The summed E-state index contributed by atoms with van der Waals surface area (Å²) in [4.78, 5) is 0. The highest BCUT2D eigenvalue weighted by molar-refractivity contribution is 5.48. The van der Waals surface area contributed by atoms with Gasteiger partial charge in [-0.3, -0.25) is 0 Å². The van der Waals surface area contributed by atoms with Gasteiger partial charge in [0.25, 0.3) is 0 Å². The summed E-state index contributed by atoms with van der Waals surface area (Å²) in [6, 6.07) is 25.6. The van der Waals surface area contributed by atoms with Crippen molar-refractivity contribution in [3.63, 3.8) is 0 Å². The van der Waals surface area contributed by atoms with Gasteiger partial charge in [-0.2, -0.15) is 0 Å². The van der Waals surface area contributed by atoms with E-state index in [1.54, 1.807) is 14.2 Å². The van der Waals surface area contributed by atoms with E-state index in [1.807, 2.05) is 12.1 Å². The molecule has 0 radical (unpaired) electrons. The summed E-state index contributed by atoms with van der Waals surface area (Å²) in [5.41, 5.74) is 5.14. The van der Waals surface area contributed by atoms with E-state index < -0.39 is 0 Å². The van der Waals surface area contributed by atoms with Gasteiger partial charge in [-0.25, -0.2) is 0 Å². The third kappa shape index (κ3) is 3.06. The van der Waals surface area contributed by atoms with Crippen LogP contribution in [0.2, 0.25) is 0 Å². The van der Waals surface area contributed by atoms with Gasteiger partial charge in [0.2, 0.25) is 0 Å². The number of benzene rings is 3. The Hall–Kier alpha value is -2.78. The molecule has 3 heteroatoms. The average molecular weight is 345 g/mol. The Kier molecular flexibility index (Phi) is 4.63. The quantitative estimate of drug-likeness (QED) is 0.745. The van der Waals surface area contributed by atoms with Crippen LogP contribution in [0, 0.1) is 0 Å². The van der Waals surface area contributed by atoms with E-state index in [9.17, 15) is 0 Å². The highest BCUT2D eigenvalue weighted by Crippen LogP contribution is 2.43. The second-order valence-corrected chi connectivity index (χ2v) is 6.59. The first-order valence-electron chi connectivity index (χ1n) is 8.89. The van der Waals surface area contributed by atoms with Crippen molar-refractivity contribution >= 4 is 0 Å². The highest BCUT2D eigenvalue weighted by atomic mass is 16.5. The summed E-state index contributed by atoms with van der Waals surface area (Å²) < 4.78 is 11.0. The fourth-order valence-corrected chi connectivity index (χ4v) is 3.85. The molecule has 0 saturated carbocycles.